The number of hydrogen-bond donors (Lipinski definition) is 0. The highest BCUT2D eigenvalue weighted by molar-refractivity contribution is 5.68. The first-order valence-electron chi connectivity index (χ1n) is 32.7. The molecule has 0 N–H and O–H groups in total. The molecule has 0 spiro atoms. The third-order valence-electron chi connectivity index (χ3n) is 17.1. The fourth-order valence-corrected chi connectivity index (χ4v) is 11.2. The van der Waals surface area contributed by atoms with Crippen LogP contribution in [-0.4, -0.2) is 0 Å². The molecule has 10 aromatic rings. The Bertz CT molecular complexity index is 4200. The van der Waals surface area contributed by atoms with Crippen LogP contribution in [0.4, 0.5) is 0 Å². The van der Waals surface area contributed by atoms with Crippen molar-refractivity contribution in [3.05, 3.63) is 264 Å². The first-order valence-corrected chi connectivity index (χ1v) is 29.7. The summed E-state index contributed by atoms with van der Waals surface area (Å²) < 4.78 is 56.5. The van der Waals surface area contributed by atoms with Gasteiger partial charge < -0.3 is 0 Å². The van der Waals surface area contributed by atoms with Crippen LogP contribution in [0.5, 0.6) is 0 Å². The van der Waals surface area contributed by atoms with Crippen molar-refractivity contribution in [2.75, 3.05) is 0 Å². The molecule has 85 heavy (non-hydrogen) atoms. The van der Waals surface area contributed by atoms with Crippen molar-refractivity contribution in [3.63, 3.8) is 0 Å². The van der Waals surface area contributed by atoms with Crippen LogP contribution in [0, 0.1) is 138 Å². The summed E-state index contributed by atoms with van der Waals surface area (Å²) in [4.78, 5) is 0. The second-order valence-electron chi connectivity index (χ2n) is 23.8. The maximum Gasteiger partial charge on any atom is 0.215 e. The van der Waals surface area contributed by atoms with Crippen LogP contribution in [-0.2, 0) is 35.2 Å². The summed E-state index contributed by atoms with van der Waals surface area (Å²) in [6.45, 7) is 33.9. The van der Waals surface area contributed by atoms with E-state index in [9.17, 15) is 0 Å². The Kier molecular flexibility index (Phi) is 19.3. The molecule has 0 radical (unpaired) electrons. The standard InChI is InChI=1S/5C16H20N/c2*1-11-6-9-15(13(3)10-11)16-12(2)7-8-14(4)17(16)5;2*1-11-6-7-12(2)15(10-11)16-13(3)8-9-14(4)17(16)5;1-11-7-6-8-15(14(11)4)16-12(2)9-10-13(3)17(16)5/h5*6-10H,1-5H3/q5*+1/i1D3;;;;1D3. The van der Waals surface area contributed by atoms with E-state index in [1.54, 1.807) is 18.2 Å². The van der Waals surface area contributed by atoms with E-state index in [-0.39, 0.29) is 0 Å². The summed E-state index contributed by atoms with van der Waals surface area (Å²) in [7, 11) is 10.5. The average molecular weight is 1140 g/mol. The number of aromatic nitrogens is 5. The van der Waals surface area contributed by atoms with E-state index in [2.05, 4.69) is 263 Å². The fraction of sp³-hybridized carbons (Fsp3) is 0.312. The predicted octanol–water partition coefficient (Wildman–Crippen LogP) is 17.1. The van der Waals surface area contributed by atoms with Gasteiger partial charge in [0.05, 0.1) is 0 Å². The van der Waals surface area contributed by atoms with Crippen molar-refractivity contribution in [3.8, 4) is 56.3 Å². The van der Waals surface area contributed by atoms with Crippen LogP contribution in [0.25, 0.3) is 56.3 Å². The quantitative estimate of drug-likeness (QED) is 0.153. The van der Waals surface area contributed by atoms with Crippen molar-refractivity contribution < 1.29 is 31.1 Å². The SMILES string of the molecule is Cc1ccc(-c2c(C)ccc(C)[n+]2C)c(C)c1.Cc1ccc(C)c(-c2c(C)ccc(C)[n+]2C)c1.Cc1ccc(C)c(-c2c(C)ccc(C)[n+]2C)c1.[2H]C([2H])([2H])c1ccc(-c2c(C)ccc(C)[n+]2C)c(C)c1.[2H]C([2H])([2H])c1cccc(-c2c(C)ccc(C)[n+]2C)c1C. The molecule has 0 bridgehead atoms. The van der Waals surface area contributed by atoms with Gasteiger partial charge in [-0.25, -0.2) is 0 Å². The molecule has 5 nitrogen and oxygen atoms in total. The van der Waals surface area contributed by atoms with Gasteiger partial charge in [0, 0.05) is 129 Å². The minimum absolute atomic E-state index is 0.395. The first-order chi connectivity index (χ1) is 42.5. The molecule has 5 aromatic heterocycles. The van der Waals surface area contributed by atoms with Gasteiger partial charge in [-0.3, -0.25) is 0 Å². The summed E-state index contributed by atoms with van der Waals surface area (Å²) in [5.41, 5.74) is 35.3. The van der Waals surface area contributed by atoms with Crippen molar-refractivity contribution >= 4 is 0 Å². The lowest BCUT2D eigenvalue weighted by molar-refractivity contribution is -0.667. The molecule has 5 aromatic carbocycles. The van der Waals surface area contributed by atoms with Crippen LogP contribution >= 0.6 is 0 Å². The molecule has 0 saturated carbocycles. The van der Waals surface area contributed by atoms with Gasteiger partial charge in [0.2, 0.25) is 28.5 Å². The summed E-state index contributed by atoms with van der Waals surface area (Å²) in [6, 6.07) is 52.3. The monoisotopic (exact) mass is 1140 g/mol. The predicted molar refractivity (Wildman–Crippen MR) is 360 cm³/mol. The van der Waals surface area contributed by atoms with E-state index in [0.717, 1.165) is 44.9 Å². The highest BCUT2D eigenvalue weighted by Crippen LogP contribution is 2.30. The molecule has 0 amide bonds. The van der Waals surface area contributed by atoms with Crippen molar-refractivity contribution in [2.24, 2.45) is 35.2 Å². The van der Waals surface area contributed by atoms with E-state index in [1.807, 2.05) is 53.1 Å². The summed E-state index contributed by atoms with van der Waals surface area (Å²) in [6.07, 6.45) is 0. The highest BCUT2D eigenvalue weighted by Gasteiger charge is 2.22. The Morgan fingerprint density at radius 1 is 0.224 bits per heavy atom. The number of hydrogen-bond acceptors (Lipinski definition) is 0. The van der Waals surface area contributed by atoms with Gasteiger partial charge in [-0.2, -0.15) is 22.8 Å². The Hall–Kier alpha value is -8.15. The van der Waals surface area contributed by atoms with E-state index < -0.39 is 13.7 Å². The second kappa shape index (κ2) is 28.6. The fourth-order valence-electron chi connectivity index (χ4n) is 11.2. The molecule has 0 aliphatic heterocycles. The summed E-state index contributed by atoms with van der Waals surface area (Å²) >= 11 is 0. The molecule has 440 valence electrons. The number of nitrogens with zero attached hydrogens (tertiary/aromatic N) is 5. The van der Waals surface area contributed by atoms with Crippen LogP contribution < -0.4 is 22.8 Å². The van der Waals surface area contributed by atoms with Gasteiger partial charge >= 0.3 is 0 Å². The lowest BCUT2D eigenvalue weighted by Gasteiger charge is -2.10. The van der Waals surface area contributed by atoms with Crippen molar-refractivity contribution in [1.29, 1.82) is 0 Å². The Morgan fingerprint density at radius 3 is 0.835 bits per heavy atom. The molecule has 0 unspecified atom stereocenters. The lowest BCUT2D eigenvalue weighted by atomic mass is 9.97. The topological polar surface area (TPSA) is 19.4 Å². The van der Waals surface area contributed by atoms with Crippen LogP contribution in [0.3, 0.4) is 0 Å². The zero-order valence-corrected chi connectivity index (χ0v) is 55.7. The van der Waals surface area contributed by atoms with E-state index in [1.165, 1.54) is 112 Å². The zero-order valence-electron chi connectivity index (χ0n) is 61.7. The number of aryl methyl sites for hydroxylation is 19. The van der Waals surface area contributed by atoms with Crippen molar-refractivity contribution in [1.82, 2.24) is 0 Å². The van der Waals surface area contributed by atoms with E-state index in [0.29, 0.717) is 11.1 Å². The smallest absolute Gasteiger partial charge is 0.198 e. The van der Waals surface area contributed by atoms with Gasteiger partial charge in [0.1, 0.15) is 35.2 Å². The maximum absolute atomic E-state index is 7.65. The molecule has 0 aliphatic rings. The largest absolute Gasteiger partial charge is 0.215 e. The average Bonchev–Trinajstić information content (AvgIpc) is 1.19. The Balaban J connectivity index is 0.000000181. The third kappa shape index (κ3) is 15.6. The zero-order chi connectivity index (χ0) is 67.9. The van der Waals surface area contributed by atoms with Gasteiger partial charge in [-0.1, -0.05) is 82.9 Å². The molecular formula is C80H100N5+5. The Labute approximate surface area is 522 Å². The van der Waals surface area contributed by atoms with Crippen molar-refractivity contribution in [2.45, 2.75) is 138 Å². The molecule has 0 saturated heterocycles. The summed E-state index contributed by atoms with van der Waals surface area (Å²) in [5, 5.41) is 0. The third-order valence-corrected chi connectivity index (χ3v) is 17.1. The van der Waals surface area contributed by atoms with Crippen LogP contribution in [0.15, 0.2) is 152 Å². The second-order valence-corrected chi connectivity index (χ2v) is 23.8. The lowest BCUT2D eigenvalue weighted by Crippen LogP contribution is -2.35. The van der Waals surface area contributed by atoms with Crippen LogP contribution in [0.2, 0.25) is 0 Å². The van der Waals surface area contributed by atoms with E-state index in [4.69, 9.17) is 8.22 Å². The molecule has 10 rings (SSSR count). The normalized spacial score (nSPS) is 12.0. The molecule has 0 atom stereocenters. The first kappa shape index (κ1) is 57.3. The number of benzene rings is 5. The minimum atomic E-state index is -2.07. The van der Waals surface area contributed by atoms with E-state index >= 15 is 0 Å². The van der Waals surface area contributed by atoms with Gasteiger partial charge in [0.15, 0.2) is 28.5 Å². The molecule has 5 heteroatoms. The molecule has 0 fully saturated rings. The summed E-state index contributed by atoms with van der Waals surface area (Å²) in [5.74, 6) is 0. The highest BCUT2D eigenvalue weighted by atomic mass is 15.0. The number of rotatable bonds is 5. The molecule has 5 heterocycles. The Morgan fingerprint density at radius 2 is 0.506 bits per heavy atom. The van der Waals surface area contributed by atoms with Gasteiger partial charge in [-0.05, 0) is 198 Å². The molecule has 0 aliphatic carbocycles. The molecular weight excluding hydrogens is 1030 g/mol. The van der Waals surface area contributed by atoms with Gasteiger partial charge in [0.25, 0.3) is 0 Å². The van der Waals surface area contributed by atoms with Gasteiger partial charge in [-0.15, -0.1) is 0 Å². The maximum atomic E-state index is 7.65. The number of pyridine rings is 5. The minimum Gasteiger partial charge on any atom is -0.198 e. The van der Waals surface area contributed by atoms with Crippen LogP contribution in [0.1, 0.15) is 120 Å².